The van der Waals surface area contributed by atoms with Gasteiger partial charge in [0, 0.05) is 11.6 Å². The van der Waals surface area contributed by atoms with Crippen LogP contribution in [-0.2, 0) is 6.42 Å². The Morgan fingerprint density at radius 1 is 1.15 bits per heavy atom. The third-order valence-corrected chi connectivity index (χ3v) is 3.61. The van der Waals surface area contributed by atoms with Gasteiger partial charge in [-0.05, 0) is 40.0 Å². The number of nitrogens with one attached hydrogen (secondary N) is 1. The third kappa shape index (κ3) is 3.20. The molecule has 1 unspecified atom stereocenters. The molecule has 2 aromatic carbocycles. The van der Waals surface area contributed by atoms with Gasteiger partial charge in [0.25, 0.3) is 0 Å². The lowest BCUT2D eigenvalue weighted by molar-refractivity contribution is 0.494. The first-order valence-corrected chi connectivity index (χ1v) is 6.66. The lowest BCUT2D eigenvalue weighted by Crippen LogP contribution is -2.30. The predicted molar refractivity (Wildman–Crippen MR) is 74.2 cm³/mol. The van der Waals surface area contributed by atoms with E-state index in [0.29, 0.717) is 10.0 Å². The summed E-state index contributed by atoms with van der Waals surface area (Å²) in [7, 11) is 0. The van der Waals surface area contributed by atoms with Crippen LogP contribution in [0, 0.1) is 17.5 Å². The van der Waals surface area contributed by atoms with Crippen molar-refractivity contribution in [2.24, 2.45) is 5.84 Å². The Bertz CT molecular complexity index is 619. The fraction of sp³-hybridized carbons (Fsp3) is 0.143. The fourth-order valence-electron chi connectivity index (χ4n) is 1.96. The Hall–Kier alpha value is -1.37. The van der Waals surface area contributed by atoms with Gasteiger partial charge in [-0.1, -0.05) is 18.2 Å². The molecule has 0 heterocycles. The molecule has 0 saturated carbocycles. The maximum absolute atomic E-state index is 14.0. The van der Waals surface area contributed by atoms with E-state index in [-0.39, 0.29) is 12.0 Å². The van der Waals surface area contributed by atoms with E-state index in [1.54, 1.807) is 18.2 Å². The van der Waals surface area contributed by atoms with Gasteiger partial charge in [0.05, 0.1) is 10.5 Å². The highest BCUT2D eigenvalue weighted by Gasteiger charge is 2.18. The average molecular weight is 345 g/mol. The largest absolute Gasteiger partial charge is 0.271 e. The maximum atomic E-state index is 14.0. The van der Waals surface area contributed by atoms with Gasteiger partial charge < -0.3 is 0 Å². The molecule has 0 aliphatic heterocycles. The summed E-state index contributed by atoms with van der Waals surface area (Å²) in [5.41, 5.74) is 3.02. The van der Waals surface area contributed by atoms with Crippen LogP contribution in [0.5, 0.6) is 0 Å². The molecule has 0 fully saturated rings. The zero-order valence-electron chi connectivity index (χ0n) is 10.3. The normalized spacial score (nSPS) is 12.4. The molecule has 0 amide bonds. The summed E-state index contributed by atoms with van der Waals surface area (Å²) in [6.07, 6.45) is 0.107. The Morgan fingerprint density at radius 2 is 1.90 bits per heavy atom. The van der Waals surface area contributed by atoms with Crippen LogP contribution in [-0.4, -0.2) is 0 Å². The van der Waals surface area contributed by atoms with E-state index < -0.39 is 23.5 Å². The molecule has 106 valence electrons. The summed E-state index contributed by atoms with van der Waals surface area (Å²) in [4.78, 5) is 0. The van der Waals surface area contributed by atoms with Crippen LogP contribution >= 0.6 is 15.9 Å². The van der Waals surface area contributed by atoms with Crippen LogP contribution in [0.1, 0.15) is 17.2 Å². The van der Waals surface area contributed by atoms with Crippen molar-refractivity contribution in [3.63, 3.8) is 0 Å². The van der Waals surface area contributed by atoms with Crippen molar-refractivity contribution in [3.8, 4) is 0 Å². The van der Waals surface area contributed by atoms with Gasteiger partial charge in [-0.3, -0.25) is 11.3 Å². The molecular weight excluding hydrogens is 333 g/mol. The highest BCUT2D eigenvalue weighted by atomic mass is 79.9. The van der Waals surface area contributed by atoms with Crippen molar-refractivity contribution in [1.29, 1.82) is 0 Å². The molecular formula is C14H12BrF3N2. The Labute approximate surface area is 122 Å². The third-order valence-electron chi connectivity index (χ3n) is 3.00. The Balaban J connectivity index is 2.31. The first-order chi connectivity index (χ1) is 9.52. The minimum atomic E-state index is -0.680. The van der Waals surface area contributed by atoms with Gasteiger partial charge >= 0.3 is 0 Å². The first kappa shape index (κ1) is 15.0. The van der Waals surface area contributed by atoms with Crippen LogP contribution in [0.25, 0.3) is 0 Å². The second-order valence-electron chi connectivity index (χ2n) is 4.30. The van der Waals surface area contributed by atoms with Gasteiger partial charge in [-0.25, -0.2) is 13.2 Å². The summed E-state index contributed by atoms with van der Waals surface area (Å²) in [5, 5.41) is 0. The average Bonchev–Trinajstić information content (AvgIpc) is 2.42. The van der Waals surface area contributed by atoms with E-state index in [4.69, 9.17) is 5.84 Å². The number of benzene rings is 2. The van der Waals surface area contributed by atoms with Crippen LogP contribution in [0.4, 0.5) is 13.2 Å². The van der Waals surface area contributed by atoms with Crippen LogP contribution in [0.3, 0.4) is 0 Å². The van der Waals surface area contributed by atoms with E-state index in [9.17, 15) is 13.2 Å². The van der Waals surface area contributed by atoms with Gasteiger partial charge in [-0.2, -0.15) is 0 Å². The lowest BCUT2D eigenvalue weighted by Gasteiger charge is -2.18. The summed E-state index contributed by atoms with van der Waals surface area (Å²) in [6, 6.07) is 7.44. The lowest BCUT2D eigenvalue weighted by atomic mass is 9.98. The van der Waals surface area contributed by atoms with Gasteiger partial charge in [-0.15, -0.1) is 0 Å². The minimum absolute atomic E-state index is 0.107. The monoisotopic (exact) mass is 344 g/mol. The van der Waals surface area contributed by atoms with Crippen molar-refractivity contribution in [2.75, 3.05) is 0 Å². The molecule has 6 heteroatoms. The predicted octanol–water partition coefficient (Wildman–Crippen LogP) is 3.61. The quantitative estimate of drug-likeness (QED) is 0.656. The summed E-state index contributed by atoms with van der Waals surface area (Å²) in [6.45, 7) is 0. The van der Waals surface area contributed by atoms with E-state index in [2.05, 4.69) is 21.4 Å². The minimum Gasteiger partial charge on any atom is -0.271 e. The number of halogens is 4. The summed E-state index contributed by atoms with van der Waals surface area (Å²) in [5.74, 6) is 3.63. The SMILES string of the molecule is NNC(Cc1ccc(F)cc1F)c1cccc(Br)c1F. The zero-order chi connectivity index (χ0) is 14.7. The van der Waals surface area contributed by atoms with Crippen molar-refractivity contribution < 1.29 is 13.2 Å². The molecule has 2 rings (SSSR count). The first-order valence-electron chi connectivity index (χ1n) is 5.87. The molecule has 0 bridgehead atoms. The number of rotatable bonds is 4. The highest BCUT2D eigenvalue weighted by molar-refractivity contribution is 9.10. The van der Waals surface area contributed by atoms with E-state index in [1.165, 1.54) is 6.07 Å². The maximum Gasteiger partial charge on any atom is 0.142 e. The molecule has 0 aliphatic rings. The molecule has 0 aliphatic carbocycles. The second-order valence-corrected chi connectivity index (χ2v) is 5.16. The zero-order valence-corrected chi connectivity index (χ0v) is 11.9. The molecule has 0 radical (unpaired) electrons. The smallest absolute Gasteiger partial charge is 0.142 e. The number of hydrogen-bond acceptors (Lipinski definition) is 2. The second kappa shape index (κ2) is 6.39. The molecule has 3 N–H and O–H groups in total. The fourth-order valence-corrected chi connectivity index (χ4v) is 2.34. The van der Waals surface area contributed by atoms with Crippen molar-refractivity contribution >= 4 is 15.9 Å². The Kier molecular flexibility index (Phi) is 4.80. The molecule has 0 spiro atoms. The van der Waals surface area contributed by atoms with Crippen LogP contribution in [0.2, 0.25) is 0 Å². The molecule has 1 atom stereocenters. The van der Waals surface area contributed by atoms with Crippen molar-refractivity contribution in [3.05, 3.63) is 69.4 Å². The van der Waals surface area contributed by atoms with Crippen molar-refractivity contribution in [1.82, 2.24) is 5.43 Å². The molecule has 0 saturated heterocycles. The summed E-state index contributed by atoms with van der Waals surface area (Å²) < 4.78 is 40.8. The Morgan fingerprint density at radius 3 is 2.55 bits per heavy atom. The van der Waals surface area contributed by atoms with E-state index >= 15 is 0 Å². The molecule has 20 heavy (non-hydrogen) atoms. The number of hydrogen-bond donors (Lipinski definition) is 2. The number of hydrazine groups is 1. The standard InChI is InChI=1S/C14H12BrF3N2/c15-11-3-1-2-10(14(11)18)13(20-19)6-8-4-5-9(16)7-12(8)17/h1-5,7,13,20H,6,19H2. The molecule has 2 nitrogen and oxygen atoms in total. The van der Waals surface area contributed by atoms with Gasteiger partial charge in [0.15, 0.2) is 0 Å². The van der Waals surface area contributed by atoms with E-state index in [1.807, 2.05) is 0 Å². The highest BCUT2D eigenvalue weighted by Crippen LogP contribution is 2.26. The molecule has 0 aromatic heterocycles. The van der Waals surface area contributed by atoms with E-state index in [0.717, 1.165) is 12.1 Å². The summed E-state index contributed by atoms with van der Waals surface area (Å²) >= 11 is 3.09. The van der Waals surface area contributed by atoms with Gasteiger partial charge in [0.2, 0.25) is 0 Å². The van der Waals surface area contributed by atoms with Gasteiger partial charge in [0.1, 0.15) is 17.5 Å². The molecule has 2 aromatic rings. The van der Waals surface area contributed by atoms with Crippen molar-refractivity contribution in [2.45, 2.75) is 12.5 Å². The van der Waals surface area contributed by atoms with Crippen LogP contribution < -0.4 is 11.3 Å². The van der Waals surface area contributed by atoms with Crippen LogP contribution in [0.15, 0.2) is 40.9 Å². The topological polar surface area (TPSA) is 38.0 Å². The number of nitrogens with two attached hydrogens (primary N) is 1.